The van der Waals surface area contributed by atoms with Gasteiger partial charge in [-0.3, -0.25) is 0 Å². The average molecular weight is 185 g/mol. The minimum Gasteiger partial charge on any atom is -0.396 e. The fraction of sp³-hybridized carbons (Fsp3) is 1.00. The van der Waals surface area contributed by atoms with Crippen LogP contribution in [-0.2, 0) is 0 Å². The van der Waals surface area contributed by atoms with Crippen LogP contribution in [0.15, 0.2) is 0 Å². The van der Waals surface area contributed by atoms with Crippen molar-refractivity contribution in [1.29, 1.82) is 0 Å². The van der Waals surface area contributed by atoms with Crippen molar-refractivity contribution in [2.45, 2.75) is 58.0 Å². The van der Waals surface area contributed by atoms with Crippen LogP contribution in [0.5, 0.6) is 0 Å². The van der Waals surface area contributed by atoms with E-state index < -0.39 is 0 Å². The summed E-state index contributed by atoms with van der Waals surface area (Å²) in [7, 11) is 0. The van der Waals surface area contributed by atoms with E-state index in [4.69, 9.17) is 5.11 Å². The zero-order chi connectivity index (χ0) is 9.68. The first-order valence-electron chi connectivity index (χ1n) is 5.61. The first kappa shape index (κ1) is 11.0. The highest BCUT2D eigenvalue weighted by molar-refractivity contribution is 4.80. The smallest absolute Gasteiger partial charge is 0.0445 e. The highest BCUT2D eigenvalue weighted by atomic mass is 16.3. The predicted octanol–water partition coefficient (Wildman–Crippen LogP) is 1.93. The summed E-state index contributed by atoms with van der Waals surface area (Å²) in [6.45, 7) is 4.80. The quantitative estimate of drug-likeness (QED) is 0.701. The maximum Gasteiger partial charge on any atom is 0.0445 e. The molecule has 78 valence electrons. The van der Waals surface area contributed by atoms with Crippen molar-refractivity contribution in [2.75, 3.05) is 6.61 Å². The number of aliphatic hydroxyl groups is 1. The highest BCUT2D eigenvalue weighted by Gasteiger charge is 2.21. The van der Waals surface area contributed by atoms with Crippen molar-refractivity contribution in [3.05, 3.63) is 0 Å². The van der Waals surface area contributed by atoms with E-state index in [1.54, 1.807) is 0 Å². The molecule has 1 saturated carbocycles. The van der Waals surface area contributed by atoms with Crippen LogP contribution in [0.1, 0.15) is 46.0 Å². The van der Waals surface area contributed by atoms with Crippen molar-refractivity contribution in [3.63, 3.8) is 0 Å². The van der Waals surface area contributed by atoms with Gasteiger partial charge < -0.3 is 10.4 Å². The number of rotatable bonds is 4. The van der Waals surface area contributed by atoms with E-state index in [0.717, 1.165) is 12.3 Å². The molecule has 1 fully saturated rings. The lowest BCUT2D eigenvalue weighted by Gasteiger charge is -2.32. The summed E-state index contributed by atoms with van der Waals surface area (Å²) in [5, 5.41) is 12.4. The molecule has 0 aliphatic heterocycles. The summed E-state index contributed by atoms with van der Waals surface area (Å²) in [4.78, 5) is 0. The van der Waals surface area contributed by atoms with E-state index in [9.17, 15) is 0 Å². The molecule has 1 rings (SSSR count). The first-order valence-corrected chi connectivity index (χ1v) is 5.61. The molecule has 3 unspecified atom stereocenters. The SMILES string of the molecule is CC(CCO)NC1CCCCC1C. The van der Waals surface area contributed by atoms with Crippen LogP contribution in [0.25, 0.3) is 0 Å². The van der Waals surface area contributed by atoms with Crippen LogP contribution in [-0.4, -0.2) is 23.8 Å². The first-order chi connectivity index (χ1) is 6.24. The minimum atomic E-state index is 0.301. The molecule has 0 aromatic heterocycles. The molecule has 0 saturated heterocycles. The highest BCUT2D eigenvalue weighted by Crippen LogP contribution is 2.24. The van der Waals surface area contributed by atoms with E-state index in [2.05, 4.69) is 19.2 Å². The molecule has 2 N–H and O–H groups in total. The second-order valence-electron chi connectivity index (χ2n) is 4.45. The van der Waals surface area contributed by atoms with E-state index in [-0.39, 0.29) is 0 Å². The second-order valence-corrected chi connectivity index (χ2v) is 4.45. The maximum atomic E-state index is 8.79. The molecule has 0 amide bonds. The second kappa shape index (κ2) is 5.61. The van der Waals surface area contributed by atoms with Gasteiger partial charge in [0.05, 0.1) is 0 Å². The van der Waals surface area contributed by atoms with Gasteiger partial charge in [0.1, 0.15) is 0 Å². The Labute approximate surface area is 81.7 Å². The van der Waals surface area contributed by atoms with Gasteiger partial charge in [0.15, 0.2) is 0 Å². The Bertz CT molecular complexity index is 138. The van der Waals surface area contributed by atoms with E-state index in [0.29, 0.717) is 18.7 Å². The third kappa shape index (κ3) is 3.65. The van der Waals surface area contributed by atoms with Gasteiger partial charge in [0.25, 0.3) is 0 Å². The fourth-order valence-corrected chi connectivity index (χ4v) is 2.21. The average Bonchev–Trinajstić information content (AvgIpc) is 2.09. The third-order valence-electron chi connectivity index (χ3n) is 3.17. The molecule has 2 heteroatoms. The lowest BCUT2D eigenvalue weighted by molar-refractivity contribution is 0.228. The third-order valence-corrected chi connectivity index (χ3v) is 3.17. The van der Waals surface area contributed by atoms with Gasteiger partial charge in [-0.2, -0.15) is 0 Å². The van der Waals surface area contributed by atoms with E-state index in [1.165, 1.54) is 25.7 Å². The monoisotopic (exact) mass is 185 g/mol. The Balaban J connectivity index is 2.25. The molecule has 0 heterocycles. The summed E-state index contributed by atoms with van der Waals surface area (Å²) < 4.78 is 0. The van der Waals surface area contributed by atoms with Crippen LogP contribution in [0.4, 0.5) is 0 Å². The summed E-state index contributed by atoms with van der Waals surface area (Å²) >= 11 is 0. The van der Waals surface area contributed by atoms with E-state index >= 15 is 0 Å². The van der Waals surface area contributed by atoms with Crippen LogP contribution in [0.3, 0.4) is 0 Å². The normalized spacial score (nSPS) is 31.6. The summed E-state index contributed by atoms with van der Waals surface area (Å²) in [6, 6.07) is 1.16. The van der Waals surface area contributed by atoms with E-state index in [1.807, 2.05) is 0 Å². The fourth-order valence-electron chi connectivity index (χ4n) is 2.21. The lowest BCUT2D eigenvalue weighted by atomic mass is 9.85. The summed E-state index contributed by atoms with van der Waals surface area (Å²) in [5.74, 6) is 0.815. The Morgan fingerprint density at radius 2 is 2.08 bits per heavy atom. The molecule has 0 bridgehead atoms. The Kier molecular flexibility index (Phi) is 4.74. The molecule has 0 aromatic carbocycles. The Morgan fingerprint density at radius 1 is 1.38 bits per heavy atom. The lowest BCUT2D eigenvalue weighted by Crippen LogP contribution is -2.42. The molecule has 3 atom stereocenters. The van der Waals surface area contributed by atoms with Crippen LogP contribution < -0.4 is 5.32 Å². The molecule has 0 spiro atoms. The van der Waals surface area contributed by atoms with Crippen LogP contribution in [0.2, 0.25) is 0 Å². The zero-order valence-corrected chi connectivity index (χ0v) is 8.92. The van der Waals surface area contributed by atoms with Gasteiger partial charge in [-0.15, -0.1) is 0 Å². The minimum absolute atomic E-state index is 0.301. The summed E-state index contributed by atoms with van der Waals surface area (Å²) in [5.41, 5.74) is 0. The predicted molar refractivity (Wildman–Crippen MR) is 55.7 cm³/mol. The topological polar surface area (TPSA) is 32.3 Å². The molecular weight excluding hydrogens is 162 g/mol. The number of hydrogen-bond donors (Lipinski definition) is 2. The van der Waals surface area contributed by atoms with Crippen molar-refractivity contribution >= 4 is 0 Å². The Morgan fingerprint density at radius 3 is 2.69 bits per heavy atom. The maximum absolute atomic E-state index is 8.79. The molecule has 1 aliphatic rings. The molecule has 2 nitrogen and oxygen atoms in total. The van der Waals surface area contributed by atoms with Gasteiger partial charge in [-0.05, 0) is 32.1 Å². The number of hydrogen-bond acceptors (Lipinski definition) is 2. The van der Waals surface area contributed by atoms with Crippen molar-refractivity contribution < 1.29 is 5.11 Å². The molecule has 0 radical (unpaired) electrons. The van der Waals surface area contributed by atoms with Crippen molar-refractivity contribution in [1.82, 2.24) is 5.32 Å². The molecule has 0 aromatic rings. The number of nitrogens with one attached hydrogen (secondary N) is 1. The molecule has 13 heavy (non-hydrogen) atoms. The van der Waals surface area contributed by atoms with Crippen LogP contribution >= 0.6 is 0 Å². The van der Waals surface area contributed by atoms with Gasteiger partial charge in [0.2, 0.25) is 0 Å². The number of aliphatic hydroxyl groups excluding tert-OH is 1. The van der Waals surface area contributed by atoms with Crippen LogP contribution in [0, 0.1) is 5.92 Å². The largest absolute Gasteiger partial charge is 0.396 e. The summed E-state index contributed by atoms with van der Waals surface area (Å²) in [6.07, 6.45) is 6.32. The van der Waals surface area contributed by atoms with Gasteiger partial charge in [-0.1, -0.05) is 19.8 Å². The standard InChI is InChI=1S/C11H23NO/c1-9-5-3-4-6-11(9)12-10(2)7-8-13/h9-13H,3-8H2,1-2H3. The zero-order valence-electron chi connectivity index (χ0n) is 8.92. The molecule has 1 aliphatic carbocycles. The Hall–Kier alpha value is -0.0800. The van der Waals surface area contributed by atoms with Crippen molar-refractivity contribution in [2.24, 2.45) is 5.92 Å². The van der Waals surface area contributed by atoms with Gasteiger partial charge in [0, 0.05) is 18.7 Å². The molecular formula is C11H23NO. The van der Waals surface area contributed by atoms with Gasteiger partial charge in [-0.25, -0.2) is 0 Å². The van der Waals surface area contributed by atoms with Gasteiger partial charge >= 0.3 is 0 Å². The van der Waals surface area contributed by atoms with Crippen molar-refractivity contribution in [3.8, 4) is 0 Å².